The molecule has 0 aliphatic rings. The number of carbonyl (C=O) groups excluding carboxylic acids is 1. The Labute approximate surface area is 110 Å². The van der Waals surface area contributed by atoms with Crippen LogP contribution < -0.4 is 0 Å². The zero-order valence-corrected chi connectivity index (χ0v) is 10.2. The molecule has 0 fully saturated rings. The lowest BCUT2D eigenvalue weighted by molar-refractivity contribution is -0.138. The van der Waals surface area contributed by atoms with Crippen molar-refractivity contribution >= 4 is 5.97 Å². The minimum Gasteiger partial charge on any atom is -0.462 e. The first-order valence-electron chi connectivity index (χ1n) is 5.48. The first-order chi connectivity index (χ1) is 9.03. The van der Waals surface area contributed by atoms with Crippen molar-refractivity contribution in [3.8, 4) is 0 Å². The largest absolute Gasteiger partial charge is 0.462 e. The number of benzene rings is 1. The van der Waals surface area contributed by atoms with Crippen molar-refractivity contribution in [2.75, 3.05) is 6.61 Å². The van der Waals surface area contributed by atoms with Gasteiger partial charge in [-0.2, -0.15) is 26.3 Å². The second-order valence-corrected chi connectivity index (χ2v) is 3.93. The molecular weight excluding hydrogens is 290 g/mol. The Morgan fingerprint density at radius 3 is 2.15 bits per heavy atom. The maximum Gasteiger partial charge on any atom is 0.416 e. The van der Waals surface area contributed by atoms with E-state index in [1.165, 1.54) is 6.92 Å². The molecule has 0 saturated carbocycles. The van der Waals surface area contributed by atoms with Crippen molar-refractivity contribution in [1.29, 1.82) is 0 Å². The highest BCUT2D eigenvalue weighted by atomic mass is 19.4. The second-order valence-electron chi connectivity index (χ2n) is 3.93. The van der Waals surface area contributed by atoms with Crippen molar-refractivity contribution in [2.24, 2.45) is 0 Å². The molecule has 0 N–H and O–H groups in total. The number of carbonyl (C=O) groups is 1. The summed E-state index contributed by atoms with van der Waals surface area (Å²) in [5, 5.41) is 0. The fourth-order valence-electron chi connectivity index (χ4n) is 1.52. The molecule has 0 amide bonds. The second kappa shape index (κ2) is 5.72. The molecule has 0 unspecified atom stereocenters. The number of rotatable bonds is 3. The molecule has 0 spiro atoms. The third kappa shape index (κ3) is 4.75. The van der Waals surface area contributed by atoms with Crippen LogP contribution in [0.25, 0.3) is 0 Å². The molecule has 0 heterocycles. The predicted molar refractivity (Wildman–Crippen MR) is 57.2 cm³/mol. The van der Waals surface area contributed by atoms with Gasteiger partial charge in [0.25, 0.3) is 0 Å². The van der Waals surface area contributed by atoms with Crippen LogP contribution in [0.4, 0.5) is 26.3 Å². The third-order valence-corrected chi connectivity index (χ3v) is 2.24. The average molecular weight is 300 g/mol. The quantitative estimate of drug-likeness (QED) is 0.623. The van der Waals surface area contributed by atoms with Crippen molar-refractivity contribution in [3.63, 3.8) is 0 Å². The Bertz CT molecular complexity index is 490. The van der Waals surface area contributed by atoms with Gasteiger partial charge in [0, 0.05) is 0 Å². The normalized spacial score (nSPS) is 12.3. The number of halogens is 6. The van der Waals surface area contributed by atoms with Gasteiger partial charge in [0.05, 0.1) is 24.2 Å². The standard InChI is InChI=1S/C12H10F6O2/c1-2-20-10(19)8-3-7(6-11(13,14)15)4-9(5-8)12(16,17)18/h3-5H,2,6H2,1H3. The van der Waals surface area contributed by atoms with Crippen LogP contribution >= 0.6 is 0 Å². The van der Waals surface area contributed by atoms with Gasteiger partial charge in [0.15, 0.2) is 0 Å². The molecule has 1 rings (SSSR count). The zero-order chi connectivity index (χ0) is 15.6. The lowest BCUT2D eigenvalue weighted by Crippen LogP contribution is -2.15. The molecule has 0 aromatic heterocycles. The van der Waals surface area contributed by atoms with Gasteiger partial charge < -0.3 is 4.74 Å². The van der Waals surface area contributed by atoms with E-state index in [0.717, 1.165) is 6.07 Å². The van der Waals surface area contributed by atoms with E-state index in [1.807, 2.05) is 0 Å². The number of hydrogen-bond donors (Lipinski definition) is 0. The number of esters is 1. The highest BCUT2D eigenvalue weighted by Gasteiger charge is 2.34. The van der Waals surface area contributed by atoms with Crippen LogP contribution in [-0.4, -0.2) is 18.8 Å². The summed E-state index contributed by atoms with van der Waals surface area (Å²) in [7, 11) is 0. The van der Waals surface area contributed by atoms with Gasteiger partial charge in [-0.1, -0.05) is 0 Å². The van der Waals surface area contributed by atoms with Crippen molar-refractivity contribution < 1.29 is 35.9 Å². The topological polar surface area (TPSA) is 26.3 Å². The monoisotopic (exact) mass is 300 g/mol. The summed E-state index contributed by atoms with van der Waals surface area (Å²) in [5.41, 5.74) is -2.52. The summed E-state index contributed by atoms with van der Waals surface area (Å²) in [6.07, 6.45) is -11.1. The van der Waals surface area contributed by atoms with E-state index in [0.29, 0.717) is 12.1 Å². The van der Waals surface area contributed by atoms with Crippen LogP contribution in [0.1, 0.15) is 28.4 Å². The van der Waals surface area contributed by atoms with Crippen molar-refractivity contribution in [1.82, 2.24) is 0 Å². The Hall–Kier alpha value is -1.73. The SMILES string of the molecule is CCOC(=O)c1cc(CC(F)(F)F)cc(C(F)(F)F)c1. The molecule has 20 heavy (non-hydrogen) atoms. The Morgan fingerprint density at radius 2 is 1.70 bits per heavy atom. The summed E-state index contributed by atoms with van der Waals surface area (Å²) in [6.45, 7) is 1.34. The maximum atomic E-state index is 12.6. The summed E-state index contributed by atoms with van der Waals surface area (Å²) in [5.74, 6) is -1.10. The van der Waals surface area contributed by atoms with Gasteiger partial charge >= 0.3 is 18.3 Å². The number of ether oxygens (including phenoxy) is 1. The molecule has 0 bridgehead atoms. The van der Waals surface area contributed by atoms with E-state index < -0.39 is 41.4 Å². The van der Waals surface area contributed by atoms with Crippen LogP contribution in [0.5, 0.6) is 0 Å². The van der Waals surface area contributed by atoms with Gasteiger partial charge in [-0.25, -0.2) is 4.79 Å². The zero-order valence-electron chi connectivity index (χ0n) is 10.2. The van der Waals surface area contributed by atoms with E-state index in [9.17, 15) is 31.1 Å². The minimum atomic E-state index is -4.84. The van der Waals surface area contributed by atoms with Crippen LogP contribution in [-0.2, 0) is 17.3 Å². The lowest BCUT2D eigenvalue weighted by atomic mass is 10.0. The van der Waals surface area contributed by atoms with E-state index in [-0.39, 0.29) is 6.61 Å². The molecular formula is C12H10F6O2. The highest BCUT2D eigenvalue weighted by molar-refractivity contribution is 5.89. The fourth-order valence-corrected chi connectivity index (χ4v) is 1.52. The molecule has 1 aromatic rings. The maximum absolute atomic E-state index is 12.6. The molecule has 0 aliphatic heterocycles. The Balaban J connectivity index is 3.25. The minimum absolute atomic E-state index is 0.0936. The van der Waals surface area contributed by atoms with Gasteiger partial charge in [0.1, 0.15) is 0 Å². The Kier molecular flexibility index (Phi) is 4.67. The molecule has 0 radical (unpaired) electrons. The van der Waals surface area contributed by atoms with Gasteiger partial charge in [-0.3, -0.25) is 0 Å². The van der Waals surface area contributed by atoms with Gasteiger partial charge in [-0.15, -0.1) is 0 Å². The van der Waals surface area contributed by atoms with E-state index in [2.05, 4.69) is 4.74 Å². The first-order valence-corrected chi connectivity index (χ1v) is 5.48. The molecule has 112 valence electrons. The predicted octanol–water partition coefficient (Wildman–Crippen LogP) is 3.99. The fraction of sp³-hybridized carbons (Fsp3) is 0.417. The van der Waals surface area contributed by atoms with Gasteiger partial charge in [-0.05, 0) is 30.7 Å². The van der Waals surface area contributed by atoms with E-state index >= 15 is 0 Å². The number of alkyl halides is 6. The van der Waals surface area contributed by atoms with Crippen molar-refractivity contribution in [2.45, 2.75) is 25.7 Å². The summed E-state index contributed by atoms with van der Waals surface area (Å²) in [4.78, 5) is 11.4. The molecule has 8 heteroatoms. The lowest BCUT2D eigenvalue weighted by Gasteiger charge is -2.13. The first kappa shape index (κ1) is 16.3. The Morgan fingerprint density at radius 1 is 1.10 bits per heavy atom. The summed E-state index contributed by atoms with van der Waals surface area (Å²) >= 11 is 0. The average Bonchev–Trinajstić information content (AvgIpc) is 2.25. The van der Waals surface area contributed by atoms with Crippen molar-refractivity contribution in [3.05, 3.63) is 34.9 Å². The van der Waals surface area contributed by atoms with E-state index in [1.54, 1.807) is 0 Å². The molecule has 1 aromatic carbocycles. The smallest absolute Gasteiger partial charge is 0.416 e. The van der Waals surface area contributed by atoms with E-state index in [4.69, 9.17) is 0 Å². The van der Waals surface area contributed by atoms with Gasteiger partial charge in [0.2, 0.25) is 0 Å². The van der Waals surface area contributed by atoms with Crippen LogP contribution in [0.2, 0.25) is 0 Å². The molecule has 0 aliphatic carbocycles. The third-order valence-electron chi connectivity index (χ3n) is 2.24. The van der Waals surface area contributed by atoms with Crippen LogP contribution in [0.15, 0.2) is 18.2 Å². The molecule has 0 atom stereocenters. The number of hydrogen-bond acceptors (Lipinski definition) is 2. The van der Waals surface area contributed by atoms with Crippen LogP contribution in [0, 0.1) is 0 Å². The molecule has 0 saturated heterocycles. The highest BCUT2D eigenvalue weighted by Crippen LogP contribution is 2.32. The van der Waals surface area contributed by atoms with Crippen LogP contribution in [0.3, 0.4) is 0 Å². The summed E-state index contributed by atoms with van der Waals surface area (Å²) < 4.78 is 79.0. The summed E-state index contributed by atoms with van der Waals surface area (Å²) in [6, 6.07) is 1.59. The molecule has 2 nitrogen and oxygen atoms in total.